The number of ether oxygens (including phenoxy) is 1. The SMILES string of the molecule is CCCCCCn1cc(COc2ccc3c(C)c(C(=O)c4ccccc4)oc3c2)nn1. The van der Waals surface area contributed by atoms with Crippen molar-refractivity contribution in [2.75, 3.05) is 0 Å². The van der Waals surface area contributed by atoms with Crippen LogP contribution in [0, 0.1) is 6.92 Å². The number of ketones is 1. The Labute approximate surface area is 181 Å². The van der Waals surface area contributed by atoms with Crippen LogP contribution in [0.2, 0.25) is 0 Å². The van der Waals surface area contributed by atoms with Gasteiger partial charge in [0.15, 0.2) is 5.76 Å². The molecule has 0 amide bonds. The summed E-state index contributed by atoms with van der Waals surface area (Å²) in [5.41, 5.74) is 2.86. The first-order valence-electron chi connectivity index (χ1n) is 10.8. The van der Waals surface area contributed by atoms with Gasteiger partial charge >= 0.3 is 0 Å². The van der Waals surface area contributed by atoms with E-state index in [2.05, 4.69) is 17.2 Å². The van der Waals surface area contributed by atoms with E-state index in [1.54, 1.807) is 12.1 Å². The highest BCUT2D eigenvalue weighted by molar-refractivity contribution is 6.10. The summed E-state index contributed by atoms with van der Waals surface area (Å²) in [6.45, 7) is 5.31. The fourth-order valence-corrected chi connectivity index (χ4v) is 3.60. The zero-order chi connectivity index (χ0) is 21.6. The molecule has 0 N–H and O–H groups in total. The predicted octanol–water partition coefficient (Wildman–Crippen LogP) is 5.72. The molecule has 31 heavy (non-hydrogen) atoms. The fourth-order valence-electron chi connectivity index (χ4n) is 3.60. The third kappa shape index (κ3) is 4.85. The van der Waals surface area contributed by atoms with Gasteiger partial charge in [-0.15, -0.1) is 5.10 Å². The molecule has 0 saturated carbocycles. The maximum atomic E-state index is 12.8. The van der Waals surface area contributed by atoms with Gasteiger partial charge in [0, 0.05) is 29.1 Å². The Morgan fingerprint density at radius 3 is 2.74 bits per heavy atom. The van der Waals surface area contributed by atoms with E-state index < -0.39 is 0 Å². The molecule has 0 bridgehead atoms. The van der Waals surface area contributed by atoms with Crippen molar-refractivity contribution in [3.8, 4) is 5.75 Å². The summed E-state index contributed by atoms with van der Waals surface area (Å²) in [5.74, 6) is 0.911. The lowest BCUT2D eigenvalue weighted by molar-refractivity contribution is 0.101. The standard InChI is InChI=1S/C25H27N3O3/c1-3-4-5-9-14-28-16-20(26-27-28)17-30-21-12-13-22-18(2)25(31-23(22)15-21)24(29)19-10-7-6-8-11-19/h6-8,10-13,15-16H,3-5,9,14,17H2,1-2H3. The van der Waals surface area contributed by atoms with E-state index in [1.165, 1.54) is 19.3 Å². The first kappa shape index (κ1) is 20.8. The van der Waals surface area contributed by atoms with Gasteiger partial charge in [-0.2, -0.15) is 0 Å². The van der Waals surface area contributed by atoms with Crippen LogP contribution in [0.15, 0.2) is 59.1 Å². The van der Waals surface area contributed by atoms with Crippen LogP contribution in [0.1, 0.15) is 60.0 Å². The largest absolute Gasteiger partial charge is 0.487 e. The van der Waals surface area contributed by atoms with Crippen LogP contribution in [-0.4, -0.2) is 20.8 Å². The van der Waals surface area contributed by atoms with Crippen LogP contribution in [0.25, 0.3) is 11.0 Å². The van der Waals surface area contributed by atoms with Crippen molar-refractivity contribution in [1.29, 1.82) is 0 Å². The van der Waals surface area contributed by atoms with Crippen molar-refractivity contribution < 1.29 is 13.9 Å². The molecule has 4 aromatic rings. The van der Waals surface area contributed by atoms with Gasteiger partial charge in [0.05, 0.1) is 6.20 Å². The van der Waals surface area contributed by atoms with Crippen LogP contribution in [0.5, 0.6) is 5.75 Å². The Kier molecular flexibility index (Phi) is 6.46. The molecule has 6 heteroatoms. The number of carbonyl (C=O) groups excluding carboxylic acids is 1. The van der Waals surface area contributed by atoms with Crippen LogP contribution < -0.4 is 4.74 Å². The zero-order valence-electron chi connectivity index (χ0n) is 18.0. The molecule has 6 nitrogen and oxygen atoms in total. The molecule has 4 rings (SSSR count). The first-order valence-corrected chi connectivity index (χ1v) is 10.8. The van der Waals surface area contributed by atoms with Gasteiger partial charge in [-0.05, 0) is 25.5 Å². The van der Waals surface area contributed by atoms with Crippen LogP contribution in [0.3, 0.4) is 0 Å². The lowest BCUT2D eigenvalue weighted by Crippen LogP contribution is -2.00. The van der Waals surface area contributed by atoms with Gasteiger partial charge in [-0.3, -0.25) is 9.48 Å². The number of fused-ring (bicyclic) bond motifs is 1. The normalized spacial score (nSPS) is 11.2. The van der Waals surface area contributed by atoms with E-state index in [9.17, 15) is 4.79 Å². The highest BCUT2D eigenvalue weighted by Crippen LogP contribution is 2.30. The number of hydrogen-bond donors (Lipinski definition) is 0. The lowest BCUT2D eigenvalue weighted by atomic mass is 10.0. The molecule has 2 aromatic carbocycles. The lowest BCUT2D eigenvalue weighted by Gasteiger charge is -2.03. The molecule has 0 aliphatic heterocycles. The number of furan rings is 1. The Balaban J connectivity index is 1.43. The van der Waals surface area contributed by atoms with E-state index >= 15 is 0 Å². The first-order chi connectivity index (χ1) is 15.2. The number of aromatic nitrogens is 3. The van der Waals surface area contributed by atoms with E-state index in [-0.39, 0.29) is 5.78 Å². The van der Waals surface area contributed by atoms with Crippen LogP contribution in [-0.2, 0) is 13.2 Å². The van der Waals surface area contributed by atoms with E-state index in [4.69, 9.17) is 9.15 Å². The second kappa shape index (κ2) is 9.60. The molecule has 0 aliphatic rings. The number of benzene rings is 2. The number of hydrogen-bond acceptors (Lipinski definition) is 5. The number of nitrogens with zero attached hydrogens (tertiary/aromatic N) is 3. The van der Waals surface area contributed by atoms with Crippen LogP contribution in [0.4, 0.5) is 0 Å². The smallest absolute Gasteiger partial charge is 0.228 e. The molecule has 2 heterocycles. The number of rotatable bonds is 10. The number of unbranched alkanes of at least 4 members (excludes halogenated alkanes) is 3. The molecule has 0 radical (unpaired) electrons. The van der Waals surface area contributed by atoms with Gasteiger partial charge in [-0.1, -0.05) is 61.7 Å². The van der Waals surface area contributed by atoms with Crippen molar-refractivity contribution in [2.24, 2.45) is 0 Å². The topological polar surface area (TPSA) is 70.2 Å². The minimum absolute atomic E-state index is 0.118. The zero-order valence-corrected chi connectivity index (χ0v) is 18.0. The Morgan fingerprint density at radius 2 is 1.94 bits per heavy atom. The second-order valence-corrected chi connectivity index (χ2v) is 7.73. The summed E-state index contributed by atoms with van der Waals surface area (Å²) in [6, 6.07) is 14.8. The maximum Gasteiger partial charge on any atom is 0.228 e. The molecule has 160 valence electrons. The van der Waals surface area contributed by atoms with Crippen molar-refractivity contribution in [1.82, 2.24) is 15.0 Å². The van der Waals surface area contributed by atoms with Gasteiger partial charge in [0.1, 0.15) is 23.6 Å². The Hall–Kier alpha value is -3.41. The molecule has 0 unspecified atom stereocenters. The Bertz CT molecular complexity index is 1160. The van der Waals surface area contributed by atoms with Gasteiger partial charge < -0.3 is 9.15 Å². The van der Waals surface area contributed by atoms with Crippen molar-refractivity contribution in [2.45, 2.75) is 52.7 Å². The van der Waals surface area contributed by atoms with Crippen molar-refractivity contribution in [3.63, 3.8) is 0 Å². The highest BCUT2D eigenvalue weighted by atomic mass is 16.5. The summed E-state index contributed by atoms with van der Waals surface area (Å²) < 4.78 is 13.7. The number of aryl methyl sites for hydroxylation is 2. The average Bonchev–Trinajstić information content (AvgIpc) is 3.39. The van der Waals surface area contributed by atoms with Gasteiger partial charge in [0.2, 0.25) is 5.78 Å². The van der Waals surface area contributed by atoms with E-state index in [1.807, 2.05) is 54.2 Å². The summed E-state index contributed by atoms with van der Waals surface area (Å²) in [4.78, 5) is 12.8. The summed E-state index contributed by atoms with van der Waals surface area (Å²) in [6.07, 6.45) is 6.71. The van der Waals surface area contributed by atoms with E-state index in [0.717, 1.165) is 29.6 Å². The third-order valence-electron chi connectivity index (χ3n) is 5.37. The monoisotopic (exact) mass is 417 g/mol. The molecular weight excluding hydrogens is 390 g/mol. The third-order valence-corrected chi connectivity index (χ3v) is 5.37. The summed E-state index contributed by atoms with van der Waals surface area (Å²) in [7, 11) is 0. The molecule has 0 saturated heterocycles. The van der Waals surface area contributed by atoms with Crippen molar-refractivity contribution >= 4 is 16.8 Å². The summed E-state index contributed by atoms with van der Waals surface area (Å²) in [5, 5.41) is 9.26. The Morgan fingerprint density at radius 1 is 1.10 bits per heavy atom. The molecule has 2 aromatic heterocycles. The highest BCUT2D eigenvalue weighted by Gasteiger charge is 2.19. The molecular formula is C25H27N3O3. The quantitative estimate of drug-likeness (QED) is 0.244. The minimum atomic E-state index is -0.118. The van der Waals surface area contributed by atoms with Crippen LogP contribution >= 0.6 is 0 Å². The fraction of sp³-hybridized carbons (Fsp3) is 0.320. The average molecular weight is 418 g/mol. The van der Waals surface area contributed by atoms with E-state index in [0.29, 0.717) is 29.3 Å². The van der Waals surface area contributed by atoms with Gasteiger partial charge in [-0.25, -0.2) is 0 Å². The summed E-state index contributed by atoms with van der Waals surface area (Å²) >= 11 is 0. The predicted molar refractivity (Wildman–Crippen MR) is 119 cm³/mol. The molecule has 0 aliphatic carbocycles. The maximum absolute atomic E-state index is 12.8. The van der Waals surface area contributed by atoms with Gasteiger partial charge in [0.25, 0.3) is 0 Å². The molecule has 0 fully saturated rings. The molecule has 0 spiro atoms. The second-order valence-electron chi connectivity index (χ2n) is 7.73. The minimum Gasteiger partial charge on any atom is -0.487 e. The number of carbonyl (C=O) groups is 1. The molecule has 0 atom stereocenters. The van der Waals surface area contributed by atoms with Crippen molar-refractivity contribution in [3.05, 3.63) is 77.3 Å².